The van der Waals surface area contributed by atoms with Crippen molar-refractivity contribution in [1.82, 2.24) is 25.4 Å². The highest BCUT2D eigenvalue weighted by Crippen LogP contribution is 2.12. The molecule has 0 saturated heterocycles. The minimum Gasteiger partial charge on any atom is -0.338 e. The standard InChI is InChI=1S/C11H15N5O/c1-7-11(13-5-4-12-7)8(2)14-6-10-15-9(3)16-17-10/h4-5,8,14H,6H2,1-3H3. The lowest BCUT2D eigenvalue weighted by atomic mass is 10.2. The van der Waals surface area contributed by atoms with E-state index in [1.165, 1.54) is 0 Å². The first-order valence-electron chi connectivity index (χ1n) is 5.47. The van der Waals surface area contributed by atoms with Gasteiger partial charge in [0.05, 0.1) is 17.9 Å². The molecule has 17 heavy (non-hydrogen) atoms. The largest absolute Gasteiger partial charge is 0.338 e. The van der Waals surface area contributed by atoms with Gasteiger partial charge in [-0.2, -0.15) is 4.98 Å². The molecule has 0 aliphatic heterocycles. The Kier molecular flexibility index (Phi) is 3.43. The predicted octanol–water partition coefficient (Wildman–Crippen LogP) is 1.33. The monoisotopic (exact) mass is 233 g/mol. The minimum absolute atomic E-state index is 0.0934. The summed E-state index contributed by atoms with van der Waals surface area (Å²) < 4.78 is 5.02. The fraction of sp³-hybridized carbons (Fsp3) is 0.455. The normalized spacial score (nSPS) is 12.6. The van der Waals surface area contributed by atoms with Gasteiger partial charge in [-0.05, 0) is 20.8 Å². The molecule has 0 amide bonds. The molecule has 2 aromatic heterocycles. The van der Waals surface area contributed by atoms with Crippen LogP contribution in [-0.4, -0.2) is 20.1 Å². The Morgan fingerprint density at radius 2 is 2.06 bits per heavy atom. The molecule has 0 spiro atoms. The Balaban J connectivity index is 1.98. The fourth-order valence-electron chi connectivity index (χ4n) is 1.59. The average Bonchev–Trinajstić information content (AvgIpc) is 2.73. The van der Waals surface area contributed by atoms with Crippen molar-refractivity contribution in [2.24, 2.45) is 0 Å². The number of hydrogen-bond donors (Lipinski definition) is 1. The van der Waals surface area contributed by atoms with Crippen LogP contribution in [0.3, 0.4) is 0 Å². The van der Waals surface area contributed by atoms with E-state index < -0.39 is 0 Å². The molecule has 0 saturated carbocycles. The Morgan fingerprint density at radius 1 is 1.29 bits per heavy atom. The van der Waals surface area contributed by atoms with Crippen LogP contribution in [0.2, 0.25) is 0 Å². The lowest BCUT2D eigenvalue weighted by Crippen LogP contribution is -2.20. The number of nitrogens with zero attached hydrogens (tertiary/aromatic N) is 4. The summed E-state index contributed by atoms with van der Waals surface area (Å²) in [6, 6.07) is 0.0934. The van der Waals surface area contributed by atoms with Gasteiger partial charge in [-0.3, -0.25) is 9.97 Å². The summed E-state index contributed by atoms with van der Waals surface area (Å²) >= 11 is 0. The van der Waals surface area contributed by atoms with Gasteiger partial charge in [0.1, 0.15) is 0 Å². The van der Waals surface area contributed by atoms with Gasteiger partial charge in [-0.15, -0.1) is 0 Å². The molecule has 2 aromatic rings. The van der Waals surface area contributed by atoms with E-state index in [1.54, 1.807) is 19.3 Å². The molecule has 0 bridgehead atoms. The molecular formula is C11H15N5O. The molecule has 2 heterocycles. The van der Waals surface area contributed by atoms with Crippen molar-refractivity contribution in [2.45, 2.75) is 33.4 Å². The van der Waals surface area contributed by atoms with E-state index in [0.717, 1.165) is 11.4 Å². The maximum atomic E-state index is 5.02. The first-order valence-corrected chi connectivity index (χ1v) is 5.47. The summed E-state index contributed by atoms with van der Waals surface area (Å²) in [5, 5.41) is 7.00. The third-order valence-electron chi connectivity index (χ3n) is 2.46. The van der Waals surface area contributed by atoms with Crippen LogP contribution in [0.4, 0.5) is 0 Å². The second-order valence-electron chi connectivity index (χ2n) is 3.86. The topological polar surface area (TPSA) is 76.7 Å². The molecule has 1 atom stereocenters. The van der Waals surface area contributed by atoms with Crippen molar-refractivity contribution in [3.63, 3.8) is 0 Å². The number of rotatable bonds is 4. The van der Waals surface area contributed by atoms with E-state index in [2.05, 4.69) is 25.4 Å². The Morgan fingerprint density at radius 3 is 2.71 bits per heavy atom. The molecule has 0 fully saturated rings. The summed E-state index contributed by atoms with van der Waals surface area (Å²) in [6.45, 7) is 6.29. The molecular weight excluding hydrogens is 218 g/mol. The van der Waals surface area contributed by atoms with E-state index in [9.17, 15) is 0 Å². The average molecular weight is 233 g/mol. The second kappa shape index (κ2) is 5.01. The first kappa shape index (κ1) is 11.7. The van der Waals surface area contributed by atoms with Crippen LogP contribution in [0.1, 0.15) is 36.1 Å². The minimum atomic E-state index is 0.0934. The number of aryl methyl sites for hydroxylation is 2. The summed E-state index contributed by atoms with van der Waals surface area (Å²) in [5.74, 6) is 1.22. The third kappa shape index (κ3) is 2.85. The van der Waals surface area contributed by atoms with Crippen molar-refractivity contribution in [1.29, 1.82) is 0 Å². The van der Waals surface area contributed by atoms with Gasteiger partial charge in [-0.1, -0.05) is 5.16 Å². The van der Waals surface area contributed by atoms with Gasteiger partial charge in [0.2, 0.25) is 5.89 Å². The second-order valence-corrected chi connectivity index (χ2v) is 3.86. The predicted molar refractivity (Wildman–Crippen MR) is 61.1 cm³/mol. The molecule has 1 unspecified atom stereocenters. The molecule has 0 aliphatic rings. The van der Waals surface area contributed by atoms with Crippen LogP contribution < -0.4 is 5.32 Å². The van der Waals surface area contributed by atoms with Gasteiger partial charge >= 0.3 is 0 Å². The molecule has 90 valence electrons. The zero-order valence-electron chi connectivity index (χ0n) is 10.1. The molecule has 0 aromatic carbocycles. The number of nitrogens with one attached hydrogen (secondary N) is 1. The Hall–Kier alpha value is -1.82. The van der Waals surface area contributed by atoms with E-state index in [0.29, 0.717) is 18.3 Å². The maximum absolute atomic E-state index is 5.02. The lowest BCUT2D eigenvalue weighted by molar-refractivity contribution is 0.356. The molecule has 1 N–H and O–H groups in total. The summed E-state index contributed by atoms with van der Waals surface area (Å²) in [6.07, 6.45) is 3.38. The highest BCUT2D eigenvalue weighted by Gasteiger charge is 2.11. The van der Waals surface area contributed by atoms with Gasteiger partial charge < -0.3 is 9.84 Å². The van der Waals surface area contributed by atoms with Crippen molar-refractivity contribution in [3.05, 3.63) is 35.5 Å². The lowest BCUT2D eigenvalue weighted by Gasteiger charge is -2.12. The van der Waals surface area contributed by atoms with E-state index >= 15 is 0 Å². The fourth-order valence-corrected chi connectivity index (χ4v) is 1.59. The zero-order valence-corrected chi connectivity index (χ0v) is 10.1. The van der Waals surface area contributed by atoms with Gasteiger partial charge in [0.15, 0.2) is 5.82 Å². The summed E-state index contributed by atoms with van der Waals surface area (Å²) in [7, 11) is 0. The smallest absolute Gasteiger partial charge is 0.240 e. The van der Waals surface area contributed by atoms with Crippen molar-refractivity contribution in [2.75, 3.05) is 0 Å². The van der Waals surface area contributed by atoms with E-state index in [4.69, 9.17) is 4.52 Å². The van der Waals surface area contributed by atoms with E-state index in [-0.39, 0.29) is 6.04 Å². The highest BCUT2D eigenvalue weighted by molar-refractivity contribution is 5.12. The van der Waals surface area contributed by atoms with Gasteiger partial charge in [0.25, 0.3) is 0 Å². The van der Waals surface area contributed by atoms with Gasteiger partial charge in [0, 0.05) is 18.4 Å². The van der Waals surface area contributed by atoms with Gasteiger partial charge in [-0.25, -0.2) is 0 Å². The summed E-state index contributed by atoms with van der Waals surface area (Å²) in [5.41, 5.74) is 1.86. The third-order valence-corrected chi connectivity index (χ3v) is 2.46. The summed E-state index contributed by atoms with van der Waals surface area (Å²) in [4.78, 5) is 12.6. The van der Waals surface area contributed by atoms with Crippen LogP contribution in [0.25, 0.3) is 0 Å². The Bertz CT molecular complexity index is 496. The number of aromatic nitrogens is 4. The van der Waals surface area contributed by atoms with Crippen molar-refractivity contribution >= 4 is 0 Å². The first-order chi connectivity index (χ1) is 8.16. The molecule has 6 heteroatoms. The highest BCUT2D eigenvalue weighted by atomic mass is 16.5. The molecule has 2 rings (SSSR count). The maximum Gasteiger partial charge on any atom is 0.240 e. The molecule has 0 radical (unpaired) electrons. The SMILES string of the molecule is Cc1noc(CNC(C)c2nccnc2C)n1. The van der Waals surface area contributed by atoms with Crippen LogP contribution in [-0.2, 0) is 6.54 Å². The zero-order chi connectivity index (χ0) is 12.3. The van der Waals surface area contributed by atoms with Crippen LogP contribution in [0.5, 0.6) is 0 Å². The van der Waals surface area contributed by atoms with Crippen molar-refractivity contribution in [3.8, 4) is 0 Å². The quantitative estimate of drug-likeness (QED) is 0.858. The molecule has 0 aliphatic carbocycles. The Labute approximate surface area is 99.5 Å². The number of hydrogen-bond acceptors (Lipinski definition) is 6. The van der Waals surface area contributed by atoms with Crippen LogP contribution in [0.15, 0.2) is 16.9 Å². The molecule has 6 nitrogen and oxygen atoms in total. The van der Waals surface area contributed by atoms with Crippen LogP contribution in [0, 0.1) is 13.8 Å². The van der Waals surface area contributed by atoms with Crippen molar-refractivity contribution < 1.29 is 4.52 Å². The van der Waals surface area contributed by atoms with E-state index in [1.807, 2.05) is 13.8 Å². The van der Waals surface area contributed by atoms with Crippen LogP contribution >= 0.6 is 0 Å².